The van der Waals surface area contributed by atoms with E-state index in [0.29, 0.717) is 12.4 Å². The largest absolute Gasteiger partial charge is 0.306 e. The van der Waals surface area contributed by atoms with Crippen LogP contribution in [0.1, 0.15) is 29.4 Å². The molecule has 1 N–H and O–H groups in total. The van der Waals surface area contributed by atoms with Crippen LogP contribution < -0.4 is 5.56 Å². The number of hydrogen-bond donors (Lipinski definition) is 1. The Kier molecular flexibility index (Phi) is 4.42. The van der Waals surface area contributed by atoms with E-state index in [4.69, 9.17) is 4.98 Å². The molecule has 0 amide bonds. The highest BCUT2D eigenvalue weighted by molar-refractivity contribution is 5.54. The van der Waals surface area contributed by atoms with Crippen molar-refractivity contribution in [3.05, 3.63) is 69.4 Å². The first kappa shape index (κ1) is 16.7. The fourth-order valence-electron chi connectivity index (χ4n) is 3.55. The van der Waals surface area contributed by atoms with Gasteiger partial charge in [-0.05, 0) is 13.8 Å². The Morgan fingerprint density at radius 1 is 1.23 bits per heavy atom. The molecule has 6 nitrogen and oxygen atoms in total. The minimum atomic E-state index is -0.0282. The number of H-pyrrole nitrogens is 1. The Balaban J connectivity index is 1.57. The van der Waals surface area contributed by atoms with Crippen LogP contribution in [0.25, 0.3) is 11.4 Å². The molecule has 0 unspecified atom stereocenters. The summed E-state index contributed by atoms with van der Waals surface area (Å²) in [6.45, 7) is 7.41. The zero-order valence-electron chi connectivity index (χ0n) is 15.2. The fraction of sp³-hybridized carbons (Fsp3) is 0.350. The Labute approximate surface area is 152 Å². The number of aromatic amines is 1. The predicted octanol–water partition coefficient (Wildman–Crippen LogP) is 2.52. The van der Waals surface area contributed by atoms with Crippen molar-refractivity contribution in [1.82, 2.24) is 24.6 Å². The lowest BCUT2D eigenvalue weighted by Crippen LogP contribution is -2.35. The number of benzene rings is 1. The summed E-state index contributed by atoms with van der Waals surface area (Å²) in [5, 5.41) is 4.42. The summed E-state index contributed by atoms with van der Waals surface area (Å²) in [6.07, 6.45) is 2.73. The van der Waals surface area contributed by atoms with E-state index in [0.717, 1.165) is 42.9 Å². The second-order valence-corrected chi connectivity index (χ2v) is 6.74. The number of fused-ring (bicyclic) bond motifs is 1. The molecule has 0 saturated heterocycles. The molecule has 26 heavy (non-hydrogen) atoms. The molecule has 0 aliphatic carbocycles. The molecule has 6 heteroatoms. The van der Waals surface area contributed by atoms with Gasteiger partial charge in [0.05, 0.1) is 17.5 Å². The monoisotopic (exact) mass is 349 g/mol. The summed E-state index contributed by atoms with van der Waals surface area (Å²) < 4.78 is 2.01. The molecule has 2 aromatic heterocycles. The first-order chi connectivity index (χ1) is 12.7. The van der Waals surface area contributed by atoms with E-state index in [1.807, 2.05) is 41.2 Å². The zero-order chi connectivity index (χ0) is 18.1. The lowest BCUT2D eigenvalue weighted by atomic mass is 10.1. The standard InChI is InChI=1S/C20H23N5O/c1-3-25-14(2)16(11-21-25)12-24-10-9-18-17(13-24)20(26)23-19(22-18)15-7-5-4-6-8-15/h4-8,11H,3,9-10,12-13H2,1-2H3,(H,22,23,26). The van der Waals surface area contributed by atoms with Gasteiger partial charge in [0.1, 0.15) is 5.82 Å². The van der Waals surface area contributed by atoms with Crippen molar-refractivity contribution in [1.29, 1.82) is 0 Å². The first-order valence-electron chi connectivity index (χ1n) is 9.07. The molecule has 4 rings (SSSR count). The molecule has 0 bridgehead atoms. The van der Waals surface area contributed by atoms with Crippen molar-refractivity contribution >= 4 is 0 Å². The minimum Gasteiger partial charge on any atom is -0.306 e. The van der Waals surface area contributed by atoms with E-state index in [1.165, 1.54) is 11.3 Å². The summed E-state index contributed by atoms with van der Waals surface area (Å²) in [4.78, 5) is 22.6. The van der Waals surface area contributed by atoms with Gasteiger partial charge in [-0.1, -0.05) is 30.3 Å². The van der Waals surface area contributed by atoms with Gasteiger partial charge in [-0.2, -0.15) is 5.10 Å². The van der Waals surface area contributed by atoms with Gasteiger partial charge in [0.25, 0.3) is 5.56 Å². The number of nitrogens with one attached hydrogen (secondary N) is 1. The quantitative estimate of drug-likeness (QED) is 0.786. The molecule has 1 aliphatic heterocycles. The van der Waals surface area contributed by atoms with Crippen LogP contribution in [0.2, 0.25) is 0 Å². The second kappa shape index (κ2) is 6.88. The molecule has 1 aliphatic rings. The molecule has 3 aromatic rings. The van der Waals surface area contributed by atoms with E-state index in [1.54, 1.807) is 0 Å². The summed E-state index contributed by atoms with van der Waals surface area (Å²) in [7, 11) is 0. The van der Waals surface area contributed by atoms with E-state index in [9.17, 15) is 4.79 Å². The number of nitrogens with zero attached hydrogens (tertiary/aromatic N) is 4. The van der Waals surface area contributed by atoms with Crippen LogP contribution in [0.5, 0.6) is 0 Å². The molecule has 3 heterocycles. The van der Waals surface area contributed by atoms with Crippen LogP contribution in [-0.2, 0) is 26.1 Å². The fourth-order valence-corrected chi connectivity index (χ4v) is 3.55. The van der Waals surface area contributed by atoms with E-state index >= 15 is 0 Å². The summed E-state index contributed by atoms with van der Waals surface area (Å²) in [5.41, 5.74) is 5.05. The van der Waals surface area contributed by atoms with Crippen LogP contribution in [0.15, 0.2) is 41.3 Å². The average molecular weight is 349 g/mol. The van der Waals surface area contributed by atoms with Crippen molar-refractivity contribution in [3.8, 4) is 11.4 Å². The third kappa shape index (κ3) is 3.08. The van der Waals surface area contributed by atoms with Gasteiger partial charge in [0.2, 0.25) is 0 Å². The number of rotatable bonds is 4. The molecule has 0 saturated carbocycles. The molecular weight excluding hydrogens is 326 g/mol. The summed E-state index contributed by atoms with van der Waals surface area (Å²) in [6, 6.07) is 9.80. The van der Waals surface area contributed by atoms with Crippen LogP contribution in [0.3, 0.4) is 0 Å². The highest BCUT2D eigenvalue weighted by Gasteiger charge is 2.22. The van der Waals surface area contributed by atoms with E-state index in [-0.39, 0.29) is 5.56 Å². The number of aryl methyl sites for hydroxylation is 1. The van der Waals surface area contributed by atoms with Crippen molar-refractivity contribution < 1.29 is 0 Å². The topological polar surface area (TPSA) is 66.8 Å². The molecular formula is C20H23N5O. The van der Waals surface area contributed by atoms with Crippen LogP contribution in [0, 0.1) is 6.92 Å². The highest BCUT2D eigenvalue weighted by atomic mass is 16.1. The van der Waals surface area contributed by atoms with Gasteiger partial charge in [-0.25, -0.2) is 4.98 Å². The summed E-state index contributed by atoms with van der Waals surface area (Å²) in [5.74, 6) is 0.655. The van der Waals surface area contributed by atoms with E-state index in [2.05, 4.69) is 28.8 Å². The predicted molar refractivity (Wildman–Crippen MR) is 101 cm³/mol. The molecule has 0 radical (unpaired) electrons. The minimum absolute atomic E-state index is 0.0282. The molecule has 0 spiro atoms. The SMILES string of the molecule is CCn1ncc(CN2CCc3nc(-c4ccccc4)[nH]c(=O)c3C2)c1C. The van der Waals surface area contributed by atoms with Gasteiger partial charge in [0.15, 0.2) is 0 Å². The van der Waals surface area contributed by atoms with Crippen molar-refractivity contribution in [2.45, 2.75) is 39.9 Å². The maximum Gasteiger partial charge on any atom is 0.255 e. The van der Waals surface area contributed by atoms with Gasteiger partial charge >= 0.3 is 0 Å². The van der Waals surface area contributed by atoms with Crippen LogP contribution >= 0.6 is 0 Å². The van der Waals surface area contributed by atoms with Crippen LogP contribution in [-0.4, -0.2) is 31.2 Å². The normalized spacial score (nSPS) is 14.4. The maximum absolute atomic E-state index is 12.6. The first-order valence-corrected chi connectivity index (χ1v) is 9.07. The van der Waals surface area contributed by atoms with Gasteiger partial charge in [-0.15, -0.1) is 0 Å². The third-order valence-corrected chi connectivity index (χ3v) is 5.09. The van der Waals surface area contributed by atoms with Crippen molar-refractivity contribution in [3.63, 3.8) is 0 Å². The Morgan fingerprint density at radius 3 is 2.77 bits per heavy atom. The van der Waals surface area contributed by atoms with Gasteiger partial charge in [-0.3, -0.25) is 14.4 Å². The molecule has 0 fully saturated rings. The second-order valence-electron chi connectivity index (χ2n) is 6.74. The average Bonchev–Trinajstić information content (AvgIpc) is 3.02. The van der Waals surface area contributed by atoms with Gasteiger partial charge in [0, 0.05) is 49.4 Å². The van der Waals surface area contributed by atoms with Crippen LogP contribution in [0.4, 0.5) is 0 Å². The Bertz CT molecular complexity index is 974. The Hall–Kier alpha value is -2.73. The molecule has 1 aromatic carbocycles. The molecule has 134 valence electrons. The van der Waals surface area contributed by atoms with E-state index < -0.39 is 0 Å². The highest BCUT2D eigenvalue weighted by Crippen LogP contribution is 2.20. The third-order valence-electron chi connectivity index (χ3n) is 5.09. The molecule has 0 atom stereocenters. The summed E-state index contributed by atoms with van der Waals surface area (Å²) >= 11 is 0. The lowest BCUT2D eigenvalue weighted by Gasteiger charge is -2.27. The smallest absolute Gasteiger partial charge is 0.255 e. The Morgan fingerprint density at radius 2 is 2.04 bits per heavy atom. The maximum atomic E-state index is 12.6. The zero-order valence-corrected chi connectivity index (χ0v) is 15.2. The lowest BCUT2D eigenvalue weighted by molar-refractivity contribution is 0.241. The van der Waals surface area contributed by atoms with Crippen molar-refractivity contribution in [2.24, 2.45) is 0 Å². The van der Waals surface area contributed by atoms with Crippen molar-refractivity contribution in [2.75, 3.05) is 6.54 Å². The number of hydrogen-bond acceptors (Lipinski definition) is 4. The van der Waals surface area contributed by atoms with Gasteiger partial charge < -0.3 is 4.98 Å². The number of aromatic nitrogens is 4.